The molecule has 0 bridgehead atoms. The van der Waals surface area contributed by atoms with Crippen LogP contribution in [-0.2, 0) is 0 Å². The van der Waals surface area contributed by atoms with Crippen LogP contribution in [0, 0.1) is 0 Å². The lowest BCUT2D eigenvalue weighted by Gasteiger charge is -2.03. The van der Waals surface area contributed by atoms with Gasteiger partial charge in [-0.15, -0.1) is 0 Å². The van der Waals surface area contributed by atoms with Gasteiger partial charge in [0.1, 0.15) is 0 Å². The Balaban J connectivity index is 2.11. The second-order valence-electron chi connectivity index (χ2n) is 4.60. The molecule has 0 amide bonds. The number of rotatable bonds is 6. The Kier molecular flexibility index (Phi) is 4.85. The molecule has 2 aromatic carbocycles. The maximum Gasteiger partial charge on any atom is 0.168 e. The summed E-state index contributed by atoms with van der Waals surface area (Å²) in [5.74, 6) is 0.136. The number of carbonyl (C=O) groups is 1. The first-order valence-corrected chi connectivity index (χ1v) is 6.82. The lowest BCUT2D eigenvalue weighted by atomic mass is 10.0. The molecule has 0 heterocycles. The molecule has 2 aromatic rings. The minimum Gasteiger partial charge on any atom is -0.297 e. The summed E-state index contributed by atoms with van der Waals surface area (Å²) >= 11 is 0. The molecule has 0 atom stereocenters. The Morgan fingerprint density at radius 2 is 1.95 bits per heavy atom. The summed E-state index contributed by atoms with van der Waals surface area (Å²) in [6, 6.07) is 13.8. The Hall–Kier alpha value is -1.96. The number of hydrogen-bond acceptors (Lipinski definition) is 2. The lowest BCUT2D eigenvalue weighted by molar-refractivity contribution is 0.100. The van der Waals surface area contributed by atoms with E-state index in [0.29, 0.717) is 6.42 Å². The largest absolute Gasteiger partial charge is 0.297 e. The Morgan fingerprint density at radius 1 is 1.16 bits per heavy atom. The molecule has 0 fully saturated rings. The van der Waals surface area contributed by atoms with E-state index in [9.17, 15) is 4.79 Å². The van der Waals surface area contributed by atoms with Gasteiger partial charge in [-0.3, -0.25) is 9.79 Å². The molecule has 0 aromatic heterocycles. The number of Topliss-reactive ketones (excluding diaryl/α,β-unsaturated/α-hetero) is 1. The first-order valence-electron chi connectivity index (χ1n) is 6.82. The minimum atomic E-state index is 0.136. The van der Waals surface area contributed by atoms with E-state index in [1.54, 1.807) is 6.21 Å². The van der Waals surface area contributed by atoms with Crippen LogP contribution in [0.2, 0.25) is 0 Å². The number of nitrogens with zero attached hydrogens (tertiary/aromatic N) is 1. The highest BCUT2D eigenvalue weighted by Gasteiger charge is 2.07. The third-order valence-corrected chi connectivity index (χ3v) is 3.14. The number of hydrogen-bond donors (Lipinski definition) is 0. The van der Waals surface area contributed by atoms with Gasteiger partial charge in [0.05, 0.1) is 0 Å². The summed E-state index contributed by atoms with van der Waals surface area (Å²) < 4.78 is 0. The van der Waals surface area contributed by atoms with Crippen LogP contribution < -0.4 is 0 Å². The first kappa shape index (κ1) is 13.5. The van der Waals surface area contributed by atoms with Crippen LogP contribution in [0.3, 0.4) is 0 Å². The molecule has 0 aliphatic rings. The zero-order valence-electron chi connectivity index (χ0n) is 11.3. The van der Waals surface area contributed by atoms with Crippen molar-refractivity contribution in [1.82, 2.24) is 0 Å². The summed E-state index contributed by atoms with van der Waals surface area (Å²) in [4.78, 5) is 16.5. The molecule has 2 nitrogen and oxygen atoms in total. The summed E-state index contributed by atoms with van der Waals surface area (Å²) in [6.45, 7) is 2.95. The maximum atomic E-state index is 12.2. The van der Waals surface area contributed by atoms with E-state index >= 15 is 0 Å². The molecule has 0 spiro atoms. The highest BCUT2D eigenvalue weighted by atomic mass is 16.1. The van der Waals surface area contributed by atoms with Gasteiger partial charge in [0, 0.05) is 24.7 Å². The fourth-order valence-corrected chi connectivity index (χ4v) is 2.07. The Labute approximate surface area is 114 Å². The summed E-state index contributed by atoms with van der Waals surface area (Å²) in [7, 11) is 0. The molecule has 0 radical (unpaired) electrons. The maximum absolute atomic E-state index is 12.2. The second kappa shape index (κ2) is 6.83. The molecule has 98 valence electrons. The fraction of sp³-hybridized carbons (Fsp3) is 0.294. The van der Waals surface area contributed by atoms with E-state index in [4.69, 9.17) is 0 Å². The van der Waals surface area contributed by atoms with Crippen LogP contribution in [0.1, 0.15) is 36.5 Å². The monoisotopic (exact) mass is 253 g/mol. The molecule has 0 N–H and O–H groups in total. The lowest BCUT2D eigenvalue weighted by Crippen LogP contribution is -2.00. The molecule has 2 heteroatoms. The van der Waals surface area contributed by atoms with Crippen molar-refractivity contribution >= 4 is 22.8 Å². The summed E-state index contributed by atoms with van der Waals surface area (Å²) in [5, 5.41) is 2.13. The number of carbonyl (C=O) groups excluding carboxylic acids is 1. The molecular weight excluding hydrogens is 234 g/mol. The average molecular weight is 253 g/mol. The van der Waals surface area contributed by atoms with E-state index in [-0.39, 0.29) is 5.78 Å². The summed E-state index contributed by atoms with van der Waals surface area (Å²) in [5.41, 5.74) is 0.792. The van der Waals surface area contributed by atoms with Gasteiger partial charge in [0.15, 0.2) is 5.78 Å². The van der Waals surface area contributed by atoms with E-state index in [1.807, 2.05) is 42.5 Å². The zero-order valence-corrected chi connectivity index (χ0v) is 11.3. The van der Waals surface area contributed by atoms with Gasteiger partial charge in [-0.2, -0.15) is 0 Å². The highest BCUT2D eigenvalue weighted by Crippen LogP contribution is 2.19. The third kappa shape index (κ3) is 3.50. The molecule has 19 heavy (non-hydrogen) atoms. The van der Waals surface area contributed by atoms with Gasteiger partial charge in [0.25, 0.3) is 0 Å². The van der Waals surface area contributed by atoms with E-state index in [2.05, 4.69) is 11.9 Å². The van der Waals surface area contributed by atoms with Crippen LogP contribution >= 0.6 is 0 Å². The van der Waals surface area contributed by atoms with E-state index in [0.717, 1.165) is 35.7 Å². The van der Waals surface area contributed by atoms with Crippen molar-refractivity contribution in [1.29, 1.82) is 0 Å². The van der Waals surface area contributed by atoms with Crippen LogP contribution in [0.25, 0.3) is 10.8 Å². The zero-order chi connectivity index (χ0) is 13.5. The predicted molar refractivity (Wildman–Crippen MR) is 81.2 cm³/mol. The van der Waals surface area contributed by atoms with Crippen molar-refractivity contribution < 1.29 is 4.79 Å². The van der Waals surface area contributed by atoms with Crippen molar-refractivity contribution in [3.8, 4) is 0 Å². The van der Waals surface area contributed by atoms with Crippen LogP contribution in [-0.4, -0.2) is 18.5 Å². The van der Waals surface area contributed by atoms with Gasteiger partial charge < -0.3 is 0 Å². The second-order valence-corrected chi connectivity index (χ2v) is 4.60. The standard InChI is InChI=1S/C17H19NO/c1-2-3-12-18-13-11-17(19)16-10-6-8-14-7-4-5-9-15(14)16/h4-10,13H,2-3,11-12H2,1H3. The topological polar surface area (TPSA) is 29.4 Å². The molecule has 0 unspecified atom stereocenters. The SMILES string of the molecule is CCCCN=CCC(=O)c1cccc2ccccc12. The number of ketones is 1. The van der Waals surface area contributed by atoms with Crippen molar-refractivity contribution in [2.45, 2.75) is 26.2 Å². The van der Waals surface area contributed by atoms with Crippen molar-refractivity contribution in [3.05, 3.63) is 48.0 Å². The predicted octanol–water partition coefficient (Wildman–Crippen LogP) is 4.28. The van der Waals surface area contributed by atoms with Gasteiger partial charge >= 0.3 is 0 Å². The third-order valence-electron chi connectivity index (χ3n) is 3.14. The molecule has 0 aliphatic carbocycles. The number of fused-ring (bicyclic) bond motifs is 1. The molecule has 0 aliphatic heterocycles. The average Bonchev–Trinajstić information content (AvgIpc) is 2.46. The van der Waals surface area contributed by atoms with Gasteiger partial charge in [-0.1, -0.05) is 55.8 Å². The summed E-state index contributed by atoms with van der Waals surface area (Å²) in [6.07, 6.45) is 4.35. The van der Waals surface area contributed by atoms with Gasteiger partial charge in [0.2, 0.25) is 0 Å². The number of aliphatic imine (C=N–C) groups is 1. The van der Waals surface area contributed by atoms with Gasteiger partial charge in [-0.25, -0.2) is 0 Å². The fourth-order valence-electron chi connectivity index (χ4n) is 2.07. The normalized spacial score (nSPS) is 11.2. The minimum absolute atomic E-state index is 0.136. The molecule has 0 saturated heterocycles. The van der Waals surface area contributed by atoms with Crippen LogP contribution in [0.4, 0.5) is 0 Å². The smallest absolute Gasteiger partial charge is 0.168 e. The van der Waals surface area contributed by atoms with Crippen molar-refractivity contribution in [2.75, 3.05) is 6.54 Å². The van der Waals surface area contributed by atoms with Gasteiger partial charge in [-0.05, 0) is 17.2 Å². The van der Waals surface area contributed by atoms with Crippen molar-refractivity contribution in [2.24, 2.45) is 4.99 Å². The quantitative estimate of drug-likeness (QED) is 0.429. The molecule has 2 rings (SSSR count). The van der Waals surface area contributed by atoms with Crippen LogP contribution in [0.15, 0.2) is 47.5 Å². The highest BCUT2D eigenvalue weighted by molar-refractivity contribution is 6.12. The molecular formula is C17H19NO. The van der Waals surface area contributed by atoms with Crippen molar-refractivity contribution in [3.63, 3.8) is 0 Å². The van der Waals surface area contributed by atoms with E-state index in [1.165, 1.54) is 0 Å². The van der Waals surface area contributed by atoms with E-state index < -0.39 is 0 Å². The van der Waals surface area contributed by atoms with Crippen LogP contribution in [0.5, 0.6) is 0 Å². The Bertz CT molecular complexity index is 581. The number of benzene rings is 2. The Morgan fingerprint density at radius 3 is 2.79 bits per heavy atom. The number of unbranched alkanes of at least 4 members (excludes halogenated alkanes) is 1. The first-order chi connectivity index (χ1) is 9.33. The molecule has 0 saturated carbocycles.